The van der Waals surface area contributed by atoms with Gasteiger partial charge in [-0.15, -0.1) is 0 Å². The molecule has 0 aliphatic carbocycles. The lowest BCUT2D eigenvalue weighted by molar-refractivity contribution is -0.156. The van der Waals surface area contributed by atoms with Gasteiger partial charge in [0.25, 0.3) is 0 Å². The van der Waals surface area contributed by atoms with E-state index in [0.717, 1.165) is 13.2 Å². The number of carbonyl (C=O) groups excluding carboxylic acids is 4. The third kappa shape index (κ3) is 4.85. The number of hydrogen-bond acceptors (Lipinski definition) is 6. The SMILES string of the molecule is COC(=O)/C=C/C(=O)C(=O)C(=O)OCc1ccccc1. The molecular weight excluding hydrogens is 264 g/mol. The number of allylic oxidation sites excluding steroid dienone is 1. The summed E-state index contributed by atoms with van der Waals surface area (Å²) >= 11 is 0. The molecule has 0 amide bonds. The summed E-state index contributed by atoms with van der Waals surface area (Å²) in [5.74, 6) is -4.56. The second-order valence-corrected chi connectivity index (χ2v) is 3.61. The fourth-order valence-electron chi connectivity index (χ4n) is 1.18. The number of ketones is 2. The van der Waals surface area contributed by atoms with Crippen molar-refractivity contribution in [3.05, 3.63) is 48.0 Å². The molecule has 0 aliphatic heterocycles. The normalized spacial score (nSPS) is 10.1. The zero-order chi connectivity index (χ0) is 15.0. The van der Waals surface area contributed by atoms with E-state index in [2.05, 4.69) is 9.47 Å². The average Bonchev–Trinajstić information content (AvgIpc) is 2.49. The monoisotopic (exact) mass is 276 g/mol. The van der Waals surface area contributed by atoms with Gasteiger partial charge in [-0.2, -0.15) is 0 Å². The van der Waals surface area contributed by atoms with Gasteiger partial charge in [-0.25, -0.2) is 9.59 Å². The Kier molecular flexibility index (Phi) is 5.83. The summed E-state index contributed by atoms with van der Waals surface area (Å²) in [7, 11) is 1.12. The maximum Gasteiger partial charge on any atom is 0.383 e. The molecule has 1 aromatic rings. The molecule has 20 heavy (non-hydrogen) atoms. The minimum Gasteiger partial charge on any atom is -0.466 e. The molecule has 0 heterocycles. The number of benzene rings is 1. The molecule has 0 unspecified atom stereocenters. The smallest absolute Gasteiger partial charge is 0.383 e. The molecule has 0 aromatic heterocycles. The number of carbonyl (C=O) groups is 4. The quantitative estimate of drug-likeness (QED) is 0.327. The molecule has 0 bridgehead atoms. The van der Waals surface area contributed by atoms with Crippen molar-refractivity contribution in [2.45, 2.75) is 6.61 Å². The second-order valence-electron chi connectivity index (χ2n) is 3.61. The summed E-state index contributed by atoms with van der Waals surface area (Å²) in [6.45, 7) is -0.112. The summed E-state index contributed by atoms with van der Waals surface area (Å²) in [5, 5.41) is 0. The van der Waals surface area contributed by atoms with Crippen LogP contribution in [0.1, 0.15) is 5.56 Å². The fourth-order valence-corrected chi connectivity index (χ4v) is 1.18. The highest BCUT2D eigenvalue weighted by Crippen LogP contribution is 2.01. The number of hydrogen-bond donors (Lipinski definition) is 0. The van der Waals surface area contributed by atoms with E-state index >= 15 is 0 Å². The molecule has 6 heteroatoms. The molecule has 1 rings (SSSR count). The molecule has 104 valence electrons. The Balaban J connectivity index is 2.51. The van der Waals surface area contributed by atoms with E-state index in [4.69, 9.17) is 0 Å². The van der Waals surface area contributed by atoms with Crippen LogP contribution in [0.25, 0.3) is 0 Å². The van der Waals surface area contributed by atoms with Crippen LogP contribution in [0.2, 0.25) is 0 Å². The van der Waals surface area contributed by atoms with Gasteiger partial charge in [0.15, 0.2) is 0 Å². The maximum absolute atomic E-state index is 11.3. The maximum atomic E-state index is 11.3. The van der Waals surface area contributed by atoms with E-state index in [9.17, 15) is 19.2 Å². The van der Waals surface area contributed by atoms with Crippen LogP contribution < -0.4 is 0 Å². The van der Waals surface area contributed by atoms with Gasteiger partial charge in [0, 0.05) is 6.08 Å². The molecule has 0 spiro atoms. The molecule has 0 radical (unpaired) electrons. The van der Waals surface area contributed by atoms with Crippen LogP contribution in [0.5, 0.6) is 0 Å². The summed E-state index contributed by atoms with van der Waals surface area (Å²) < 4.78 is 8.93. The van der Waals surface area contributed by atoms with E-state index in [1.807, 2.05) is 0 Å². The highest BCUT2D eigenvalue weighted by atomic mass is 16.5. The van der Waals surface area contributed by atoms with Gasteiger partial charge in [0.05, 0.1) is 7.11 Å². The Morgan fingerprint density at radius 3 is 2.30 bits per heavy atom. The molecule has 0 atom stereocenters. The van der Waals surface area contributed by atoms with E-state index in [-0.39, 0.29) is 6.61 Å². The molecule has 0 saturated heterocycles. The molecule has 0 saturated carbocycles. The van der Waals surface area contributed by atoms with Crippen LogP contribution >= 0.6 is 0 Å². The Labute approximate surface area is 115 Å². The van der Waals surface area contributed by atoms with Gasteiger partial charge in [-0.1, -0.05) is 30.3 Å². The molecule has 1 aromatic carbocycles. The first-order valence-corrected chi connectivity index (χ1v) is 5.60. The molecule has 6 nitrogen and oxygen atoms in total. The zero-order valence-corrected chi connectivity index (χ0v) is 10.7. The fraction of sp³-hybridized carbons (Fsp3) is 0.143. The number of ether oxygens (including phenoxy) is 2. The van der Waals surface area contributed by atoms with Gasteiger partial charge < -0.3 is 9.47 Å². The predicted molar refractivity (Wildman–Crippen MR) is 67.4 cm³/mol. The number of methoxy groups -OCH3 is 1. The third-order valence-corrected chi connectivity index (χ3v) is 2.19. The second kappa shape index (κ2) is 7.63. The van der Waals surface area contributed by atoms with Crippen LogP contribution in [0.4, 0.5) is 0 Å². The molecular formula is C14H12O6. The van der Waals surface area contributed by atoms with Crippen LogP contribution in [-0.2, 0) is 35.3 Å². The van der Waals surface area contributed by atoms with Crippen molar-refractivity contribution in [3.8, 4) is 0 Å². The molecule has 0 fully saturated rings. The highest BCUT2D eigenvalue weighted by Gasteiger charge is 2.22. The summed E-state index contributed by atoms with van der Waals surface area (Å²) in [5.41, 5.74) is 0.686. The van der Waals surface area contributed by atoms with Gasteiger partial charge in [0.2, 0.25) is 5.78 Å². The van der Waals surface area contributed by atoms with Crippen molar-refractivity contribution in [1.29, 1.82) is 0 Å². The Morgan fingerprint density at radius 2 is 1.70 bits per heavy atom. The lowest BCUT2D eigenvalue weighted by Gasteiger charge is -2.02. The minimum atomic E-state index is -1.35. The van der Waals surface area contributed by atoms with Crippen molar-refractivity contribution in [2.75, 3.05) is 7.11 Å². The van der Waals surface area contributed by atoms with Gasteiger partial charge >= 0.3 is 17.7 Å². The third-order valence-electron chi connectivity index (χ3n) is 2.19. The van der Waals surface area contributed by atoms with Crippen molar-refractivity contribution in [2.24, 2.45) is 0 Å². The summed E-state index contributed by atoms with van der Waals surface area (Å²) in [6.07, 6.45) is 1.42. The van der Waals surface area contributed by atoms with Gasteiger partial charge in [-0.3, -0.25) is 9.59 Å². The van der Waals surface area contributed by atoms with Crippen molar-refractivity contribution in [1.82, 2.24) is 0 Å². The van der Waals surface area contributed by atoms with Crippen LogP contribution in [0, 0.1) is 0 Å². The number of rotatable bonds is 6. The lowest BCUT2D eigenvalue weighted by Crippen LogP contribution is -2.24. The van der Waals surface area contributed by atoms with Crippen LogP contribution in [0.3, 0.4) is 0 Å². The largest absolute Gasteiger partial charge is 0.466 e. The first kappa shape index (κ1) is 15.3. The highest BCUT2D eigenvalue weighted by molar-refractivity contribution is 6.64. The first-order chi connectivity index (χ1) is 9.54. The lowest BCUT2D eigenvalue weighted by atomic mass is 10.2. The standard InChI is InChI=1S/C14H12O6/c1-19-12(16)8-7-11(15)13(17)14(18)20-9-10-5-3-2-4-6-10/h2-8H,9H2,1H3/b8-7+. The van der Waals surface area contributed by atoms with Gasteiger partial charge in [-0.05, 0) is 11.6 Å². The van der Waals surface area contributed by atoms with Crippen LogP contribution in [0.15, 0.2) is 42.5 Å². The van der Waals surface area contributed by atoms with Crippen molar-refractivity contribution < 1.29 is 28.7 Å². The summed E-state index contributed by atoms with van der Waals surface area (Å²) in [6, 6.07) is 8.69. The Bertz CT molecular complexity index is 544. The van der Waals surface area contributed by atoms with E-state index in [1.165, 1.54) is 0 Å². The average molecular weight is 276 g/mol. The predicted octanol–water partition coefficient (Wildman–Crippen LogP) is 0.597. The van der Waals surface area contributed by atoms with Gasteiger partial charge in [0.1, 0.15) is 6.61 Å². The Hall–Kier alpha value is -2.76. The topological polar surface area (TPSA) is 86.7 Å². The molecule has 0 aliphatic rings. The van der Waals surface area contributed by atoms with E-state index in [0.29, 0.717) is 11.6 Å². The summed E-state index contributed by atoms with van der Waals surface area (Å²) in [4.78, 5) is 44.7. The Morgan fingerprint density at radius 1 is 1.05 bits per heavy atom. The zero-order valence-electron chi connectivity index (χ0n) is 10.7. The first-order valence-electron chi connectivity index (χ1n) is 5.60. The van der Waals surface area contributed by atoms with E-state index < -0.39 is 23.5 Å². The van der Waals surface area contributed by atoms with E-state index in [1.54, 1.807) is 30.3 Å². The van der Waals surface area contributed by atoms with Crippen molar-refractivity contribution in [3.63, 3.8) is 0 Å². The number of esters is 2. The van der Waals surface area contributed by atoms with Crippen molar-refractivity contribution >= 4 is 23.5 Å². The molecule has 0 N–H and O–H groups in total. The van der Waals surface area contributed by atoms with Crippen LogP contribution in [-0.4, -0.2) is 30.6 Å². The minimum absolute atomic E-state index is 0.112. The number of Topliss-reactive ketones (excluding diaryl/α,β-unsaturated/α-hetero) is 1.